The van der Waals surface area contributed by atoms with Crippen LogP contribution in [0.4, 0.5) is 0 Å². The topological polar surface area (TPSA) is 26.0 Å². The molecule has 0 aliphatic heterocycles. The maximum Gasteiger partial charge on any atom is 0.170 e. The van der Waals surface area contributed by atoms with E-state index in [2.05, 4.69) is 51.1 Å². The normalized spacial score (nSPS) is 11.8. The summed E-state index contributed by atoms with van der Waals surface area (Å²) in [5.41, 5.74) is 4.63. The predicted molar refractivity (Wildman–Crippen MR) is 70.1 cm³/mol. The van der Waals surface area contributed by atoms with Gasteiger partial charge in [0, 0.05) is 11.1 Å². The van der Waals surface area contributed by atoms with Crippen molar-refractivity contribution in [3.63, 3.8) is 0 Å². The highest BCUT2D eigenvalue weighted by atomic mass is 16.5. The highest BCUT2D eigenvalue weighted by Crippen LogP contribution is 2.34. The van der Waals surface area contributed by atoms with E-state index in [4.69, 9.17) is 4.52 Å². The number of aromatic nitrogens is 1. The Labute approximate surface area is 103 Å². The molecule has 0 saturated heterocycles. The van der Waals surface area contributed by atoms with Crippen LogP contribution in [0.25, 0.3) is 11.3 Å². The minimum Gasteiger partial charge on any atom is -0.356 e. The quantitative estimate of drug-likeness (QED) is 0.730. The van der Waals surface area contributed by atoms with E-state index in [9.17, 15) is 0 Å². The van der Waals surface area contributed by atoms with Crippen LogP contribution in [0.1, 0.15) is 37.6 Å². The molecule has 1 aromatic carbocycles. The van der Waals surface area contributed by atoms with Gasteiger partial charge < -0.3 is 4.52 Å². The third kappa shape index (κ3) is 2.12. The summed E-state index contributed by atoms with van der Waals surface area (Å²) in [7, 11) is 0. The van der Waals surface area contributed by atoms with Crippen molar-refractivity contribution in [3.8, 4) is 11.3 Å². The van der Waals surface area contributed by atoms with E-state index in [1.54, 1.807) is 0 Å². The fourth-order valence-electron chi connectivity index (χ4n) is 2.00. The van der Waals surface area contributed by atoms with Gasteiger partial charge in [-0.2, -0.15) is 0 Å². The Morgan fingerprint density at radius 3 is 2.24 bits per heavy atom. The average molecular weight is 229 g/mol. The second-order valence-corrected chi connectivity index (χ2v) is 5.52. The molecule has 2 heteroatoms. The number of nitrogens with zero attached hydrogens (tertiary/aromatic N) is 1. The first-order valence-corrected chi connectivity index (χ1v) is 5.94. The number of rotatable bonds is 1. The van der Waals surface area contributed by atoms with Crippen LogP contribution in [-0.2, 0) is 5.41 Å². The molecular weight excluding hydrogens is 210 g/mol. The van der Waals surface area contributed by atoms with Crippen LogP contribution in [0.5, 0.6) is 0 Å². The SMILES string of the molecule is Cc1noc(-c2ccccc2C(C)(C)C)c1C. The Hall–Kier alpha value is -1.57. The van der Waals surface area contributed by atoms with Crippen LogP contribution in [-0.4, -0.2) is 5.16 Å². The summed E-state index contributed by atoms with van der Waals surface area (Å²) in [5, 5.41) is 4.04. The average Bonchev–Trinajstić information content (AvgIpc) is 2.59. The summed E-state index contributed by atoms with van der Waals surface area (Å²) < 4.78 is 5.47. The zero-order valence-corrected chi connectivity index (χ0v) is 11.2. The van der Waals surface area contributed by atoms with Crippen molar-refractivity contribution in [3.05, 3.63) is 41.1 Å². The molecule has 0 amide bonds. The Kier molecular flexibility index (Phi) is 2.82. The zero-order valence-electron chi connectivity index (χ0n) is 11.2. The predicted octanol–water partition coefficient (Wildman–Crippen LogP) is 4.26. The molecule has 2 aromatic rings. The molecule has 2 rings (SSSR count). The van der Waals surface area contributed by atoms with E-state index in [1.807, 2.05) is 13.0 Å². The molecule has 0 spiro atoms. The summed E-state index contributed by atoms with van der Waals surface area (Å²) >= 11 is 0. The molecule has 0 aliphatic carbocycles. The van der Waals surface area contributed by atoms with Crippen molar-refractivity contribution in [2.24, 2.45) is 0 Å². The maximum absolute atomic E-state index is 5.47. The number of hydrogen-bond acceptors (Lipinski definition) is 2. The first-order chi connectivity index (χ1) is 7.91. The first-order valence-electron chi connectivity index (χ1n) is 5.94. The molecule has 17 heavy (non-hydrogen) atoms. The molecule has 1 heterocycles. The Morgan fingerprint density at radius 1 is 1.06 bits per heavy atom. The van der Waals surface area contributed by atoms with Gasteiger partial charge in [0.1, 0.15) is 0 Å². The van der Waals surface area contributed by atoms with E-state index in [0.717, 1.165) is 22.6 Å². The largest absolute Gasteiger partial charge is 0.356 e. The van der Waals surface area contributed by atoms with Gasteiger partial charge in [-0.1, -0.05) is 50.2 Å². The summed E-state index contributed by atoms with van der Waals surface area (Å²) in [6.07, 6.45) is 0. The van der Waals surface area contributed by atoms with E-state index in [-0.39, 0.29) is 5.41 Å². The van der Waals surface area contributed by atoms with Crippen molar-refractivity contribution in [2.45, 2.75) is 40.0 Å². The number of aryl methyl sites for hydroxylation is 1. The molecule has 0 atom stereocenters. The molecular formula is C15H19NO. The highest BCUT2D eigenvalue weighted by molar-refractivity contribution is 5.67. The summed E-state index contributed by atoms with van der Waals surface area (Å²) in [5.74, 6) is 0.896. The van der Waals surface area contributed by atoms with E-state index < -0.39 is 0 Å². The van der Waals surface area contributed by atoms with Crippen LogP contribution >= 0.6 is 0 Å². The molecule has 0 unspecified atom stereocenters. The van der Waals surface area contributed by atoms with Crippen molar-refractivity contribution >= 4 is 0 Å². The fourth-order valence-corrected chi connectivity index (χ4v) is 2.00. The van der Waals surface area contributed by atoms with Crippen LogP contribution in [0.2, 0.25) is 0 Å². The minimum absolute atomic E-state index is 0.101. The molecule has 0 fully saturated rings. The molecule has 0 N–H and O–H groups in total. The monoisotopic (exact) mass is 229 g/mol. The van der Waals surface area contributed by atoms with Gasteiger partial charge >= 0.3 is 0 Å². The molecule has 90 valence electrons. The lowest BCUT2D eigenvalue weighted by atomic mass is 9.82. The smallest absolute Gasteiger partial charge is 0.170 e. The van der Waals surface area contributed by atoms with E-state index >= 15 is 0 Å². The van der Waals surface area contributed by atoms with Crippen LogP contribution in [0, 0.1) is 13.8 Å². The second-order valence-electron chi connectivity index (χ2n) is 5.52. The van der Waals surface area contributed by atoms with Gasteiger partial charge in [0.25, 0.3) is 0 Å². The summed E-state index contributed by atoms with van der Waals surface area (Å²) in [6, 6.07) is 8.38. The third-order valence-electron chi connectivity index (χ3n) is 3.14. The molecule has 0 aliphatic rings. The van der Waals surface area contributed by atoms with Gasteiger partial charge in [-0.25, -0.2) is 0 Å². The summed E-state index contributed by atoms with van der Waals surface area (Å²) in [4.78, 5) is 0. The van der Waals surface area contributed by atoms with E-state index in [1.165, 1.54) is 5.56 Å². The van der Waals surface area contributed by atoms with Gasteiger partial charge in [0.2, 0.25) is 0 Å². The number of benzene rings is 1. The second kappa shape index (κ2) is 4.02. The zero-order chi connectivity index (χ0) is 12.6. The van der Waals surface area contributed by atoms with Gasteiger partial charge in [0.05, 0.1) is 5.69 Å². The molecule has 1 aromatic heterocycles. The first kappa shape index (κ1) is 11.9. The fraction of sp³-hybridized carbons (Fsp3) is 0.400. The number of hydrogen-bond donors (Lipinski definition) is 0. The Bertz CT molecular complexity index is 532. The van der Waals surface area contributed by atoms with Crippen molar-refractivity contribution in [1.82, 2.24) is 5.16 Å². The van der Waals surface area contributed by atoms with Crippen LogP contribution in [0.15, 0.2) is 28.8 Å². The van der Waals surface area contributed by atoms with Gasteiger partial charge in [-0.05, 0) is 24.8 Å². The minimum atomic E-state index is 0.101. The highest BCUT2D eigenvalue weighted by Gasteiger charge is 2.21. The van der Waals surface area contributed by atoms with E-state index in [0.29, 0.717) is 0 Å². The molecule has 0 saturated carbocycles. The van der Waals surface area contributed by atoms with Gasteiger partial charge in [0.15, 0.2) is 5.76 Å². The maximum atomic E-state index is 5.47. The molecule has 0 radical (unpaired) electrons. The van der Waals surface area contributed by atoms with Gasteiger partial charge in [-0.3, -0.25) is 0 Å². The van der Waals surface area contributed by atoms with Crippen molar-refractivity contribution in [1.29, 1.82) is 0 Å². The Balaban J connectivity index is 2.64. The summed E-state index contributed by atoms with van der Waals surface area (Å²) in [6.45, 7) is 10.7. The van der Waals surface area contributed by atoms with Crippen LogP contribution < -0.4 is 0 Å². The lowest BCUT2D eigenvalue weighted by molar-refractivity contribution is 0.425. The Morgan fingerprint density at radius 2 is 1.71 bits per heavy atom. The van der Waals surface area contributed by atoms with Crippen molar-refractivity contribution in [2.75, 3.05) is 0 Å². The lowest BCUT2D eigenvalue weighted by Gasteiger charge is -2.21. The van der Waals surface area contributed by atoms with Crippen LogP contribution in [0.3, 0.4) is 0 Å². The standard InChI is InChI=1S/C15H19NO/c1-10-11(2)16-17-14(10)12-8-6-7-9-13(12)15(3,4)5/h6-9H,1-5H3. The third-order valence-corrected chi connectivity index (χ3v) is 3.14. The van der Waals surface area contributed by atoms with Gasteiger partial charge in [-0.15, -0.1) is 0 Å². The molecule has 2 nitrogen and oxygen atoms in total. The lowest BCUT2D eigenvalue weighted by Crippen LogP contribution is -2.12. The molecule has 0 bridgehead atoms. The van der Waals surface area contributed by atoms with Crippen molar-refractivity contribution < 1.29 is 4.52 Å².